The molecule has 1 fully saturated rings. The van der Waals surface area contributed by atoms with Gasteiger partial charge in [-0.25, -0.2) is 4.79 Å². The van der Waals surface area contributed by atoms with E-state index in [1.807, 2.05) is 0 Å². The molecule has 0 spiro atoms. The van der Waals surface area contributed by atoms with E-state index in [-0.39, 0.29) is 50.7 Å². The molecule has 0 unspecified atom stereocenters. The second-order valence-electron chi connectivity index (χ2n) is 16.9. The average Bonchev–Trinajstić information content (AvgIpc) is 3.89. The number of methoxy groups -OCH3 is 1. The van der Waals surface area contributed by atoms with Crippen molar-refractivity contribution in [3.05, 3.63) is 106 Å². The summed E-state index contributed by atoms with van der Waals surface area (Å²) in [4.78, 5) is 86.6. The number of aliphatic hydroxyl groups is 2. The first kappa shape index (κ1) is 46.6. The van der Waals surface area contributed by atoms with Crippen LogP contribution in [-0.4, -0.2) is 101 Å². The highest BCUT2D eigenvalue weighted by molar-refractivity contribution is 6.32. The first-order chi connectivity index (χ1) is 29.8. The van der Waals surface area contributed by atoms with Crippen LogP contribution < -0.4 is 14.8 Å². The number of ether oxygens (including phenoxy) is 5. The fourth-order valence-corrected chi connectivity index (χ4v) is 8.76. The number of likely N-dealkylation sites (tertiary alicyclic amines) is 1. The SMILES string of the molecule is CO[C@H]1/C=C/O[C@@]2(C)Oc3c(C)c(OC(=O)c4ccccc4)c4c(c3C2=O)C(=O)C(N2CCCC2)=C(NC(=O)/C(C)=C\C=C\[C@H](C)[C@H](O)[C@@H](C)[C@H](O)[C@H](C)[C@H](OC(C)=O)[C@@H]1C)C4=O. The van der Waals surface area contributed by atoms with E-state index in [2.05, 4.69) is 5.32 Å². The van der Waals surface area contributed by atoms with Gasteiger partial charge in [0.25, 0.3) is 11.7 Å². The molecule has 3 N–H and O–H groups in total. The largest absolute Gasteiger partial charge is 0.462 e. The Morgan fingerprint density at radius 1 is 0.873 bits per heavy atom. The summed E-state index contributed by atoms with van der Waals surface area (Å²) >= 11 is 0. The Hall–Kier alpha value is -5.90. The number of hydrogen-bond acceptors (Lipinski definition) is 14. The van der Waals surface area contributed by atoms with Gasteiger partial charge in [0.15, 0.2) is 0 Å². The number of allylic oxidation sites excluding steroid dienone is 4. The first-order valence-corrected chi connectivity index (χ1v) is 21.2. The summed E-state index contributed by atoms with van der Waals surface area (Å²) in [5, 5.41) is 25.7. The third-order valence-corrected chi connectivity index (χ3v) is 12.5. The first-order valence-electron chi connectivity index (χ1n) is 21.2. The number of nitrogens with zero attached hydrogens (tertiary/aromatic N) is 1. The van der Waals surface area contributed by atoms with Crippen LogP contribution in [0, 0.1) is 30.6 Å². The Morgan fingerprint density at radius 2 is 1.54 bits per heavy atom. The van der Waals surface area contributed by atoms with Crippen molar-refractivity contribution in [2.45, 2.75) is 98.4 Å². The number of fused-ring (bicyclic) bond motifs is 14. The number of Topliss-reactive ketones (excluding diaryl/α,β-unsaturated/α-hetero) is 3. The highest BCUT2D eigenvalue weighted by Gasteiger charge is 2.53. The molecule has 1 aliphatic carbocycles. The summed E-state index contributed by atoms with van der Waals surface area (Å²) in [6, 6.07) is 8.00. The minimum absolute atomic E-state index is 0.0477. The van der Waals surface area contributed by atoms with Crippen molar-refractivity contribution >= 4 is 35.2 Å². The van der Waals surface area contributed by atoms with Gasteiger partial charge in [0.1, 0.15) is 29.0 Å². The van der Waals surface area contributed by atoms with Crippen LogP contribution >= 0.6 is 0 Å². The maximum atomic E-state index is 15.1. The lowest BCUT2D eigenvalue weighted by Gasteiger charge is -2.38. The van der Waals surface area contributed by atoms with Gasteiger partial charge in [-0.2, -0.15) is 0 Å². The van der Waals surface area contributed by atoms with Crippen LogP contribution in [0.15, 0.2) is 77.9 Å². The summed E-state index contributed by atoms with van der Waals surface area (Å²) < 4.78 is 29.9. The number of aliphatic hydroxyl groups excluding tert-OH is 2. The topological polar surface area (TPSA) is 204 Å². The zero-order chi connectivity index (χ0) is 46.1. The van der Waals surface area contributed by atoms with E-state index in [0.29, 0.717) is 25.9 Å². The van der Waals surface area contributed by atoms with Gasteiger partial charge >= 0.3 is 17.7 Å². The van der Waals surface area contributed by atoms with Crippen molar-refractivity contribution in [1.82, 2.24) is 10.2 Å². The highest BCUT2D eigenvalue weighted by atomic mass is 16.7. The van der Waals surface area contributed by atoms with Crippen molar-refractivity contribution in [3.8, 4) is 11.5 Å². The van der Waals surface area contributed by atoms with Crippen molar-refractivity contribution in [2.24, 2.45) is 23.7 Å². The molecule has 2 aromatic carbocycles. The van der Waals surface area contributed by atoms with E-state index in [4.69, 9.17) is 23.7 Å². The lowest BCUT2D eigenvalue weighted by molar-refractivity contribution is -0.160. The molecule has 336 valence electrons. The molecule has 15 nitrogen and oxygen atoms in total. The molecule has 7 rings (SSSR count). The molecule has 9 atom stereocenters. The van der Waals surface area contributed by atoms with E-state index < -0.39 is 94.6 Å². The second kappa shape index (κ2) is 18.8. The van der Waals surface area contributed by atoms with Gasteiger partial charge in [-0.05, 0) is 44.9 Å². The van der Waals surface area contributed by atoms with E-state index >= 15 is 9.59 Å². The quantitative estimate of drug-likeness (QED) is 0.249. The van der Waals surface area contributed by atoms with Gasteiger partial charge in [0.2, 0.25) is 11.6 Å². The fourth-order valence-electron chi connectivity index (χ4n) is 8.76. The van der Waals surface area contributed by atoms with Crippen LogP contribution in [0.25, 0.3) is 0 Å². The number of rotatable bonds is 5. The molecule has 5 aliphatic rings. The molecular formula is C48H56N2O13. The number of esters is 2. The Balaban J connectivity index is 1.54. The van der Waals surface area contributed by atoms with Crippen molar-refractivity contribution in [3.63, 3.8) is 0 Å². The van der Waals surface area contributed by atoms with Crippen LogP contribution in [0.4, 0.5) is 0 Å². The molecular weight excluding hydrogens is 813 g/mol. The third kappa shape index (κ3) is 9.00. The molecule has 5 bridgehead atoms. The average molecular weight is 869 g/mol. The van der Waals surface area contributed by atoms with Crippen LogP contribution in [-0.2, 0) is 23.8 Å². The van der Waals surface area contributed by atoms with E-state index in [0.717, 1.165) is 0 Å². The van der Waals surface area contributed by atoms with E-state index in [1.165, 1.54) is 65.4 Å². The maximum Gasteiger partial charge on any atom is 0.343 e. The van der Waals surface area contributed by atoms with E-state index in [1.54, 1.807) is 62.9 Å². The number of hydrogen-bond donors (Lipinski definition) is 3. The lowest BCUT2D eigenvalue weighted by atomic mass is 9.78. The predicted molar refractivity (Wildman–Crippen MR) is 229 cm³/mol. The molecule has 0 aromatic heterocycles. The summed E-state index contributed by atoms with van der Waals surface area (Å²) in [6.07, 6.45) is 4.78. The molecule has 2 aromatic rings. The molecule has 4 heterocycles. The Bertz CT molecular complexity index is 2310. The number of amides is 1. The van der Waals surface area contributed by atoms with Gasteiger partial charge in [0, 0.05) is 68.9 Å². The standard InChI is InChI=1S/C48H56N2O13/c1-24-16-15-17-25(2)46(57)49-36-37(50-21-13-14-22-50)41(55)33-34(40(36)54)43(62-47(58)31-18-11-10-12-19-31)29(6)44-35(33)45(56)48(8,63-44)60-23-20-32(59-9)26(3)42(61-30(7)51)28(5)39(53)27(4)38(24)52/h10-12,15-20,23-24,26-28,32,38-39,42,52-53H,13-14,21-22H2,1-9H3,(H,49,57)/b16-15+,23-20+,25-17-/t24-,26+,27+,28-,32-,38-,39-,42+,48-/m0/s1. The Labute approximate surface area is 366 Å². The molecule has 4 aliphatic heterocycles. The summed E-state index contributed by atoms with van der Waals surface area (Å²) in [5.41, 5.74) is -1.15. The van der Waals surface area contributed by atoms with E-state index in [9.17, 15) is 29.4 Å². The Morgan fingerprint density at radius 3 is 2.17 bits per heavy atom. The molecule has 0 radical (unpaired) electrons. The van der Waals surface area contributed by atoms with Gasteiger partial charge in [-0.1, -0.05) is 64.1 Å². The number of benzene rings is 2. The lowest BCUT2D eigenvalue weighted by Crippen LogP contribution is -2.46. The van der Waals surface area contributed by atoms with Gasteiger partial charge in [-0.15, -0.1) is 0 Å². The molecule has 15 heteroatoms. The zero-order valence-corrected chi connectivity index (χ0v) is 37.1. The number of carbonyl (C=O) groups is 6. The predicted octanol–water partition coefficient (Wildman–Crippen LogP) is 5.57. The van der Waals surface area contributed by atoms with Gasteiger partial charge < -0.3 is 44.1 Å². The molecule has 63 heavy (non-hydrogen) atoms. The minimum Gasteiger partial charge on any atom is -0.462 e. The van der Waals surface area contributed by atoms with Gasteiger partial charge in [0.05, 0.1) is 46.8 Å². The number of carbonyl (C=O) groups excluding carboxylic acids is 6. The normalized spacial score (nSPS) is 31.1. The van der Waals surface area contributed by atoms with Crippen LogP contribution in [0.1, 0.15) is 108 Å². The van der Waals surface area contributed by atoms with Crippen LogP contribution in [0.2, 0.25) is 0 Å². The second-order valence-corrected chi connectivity index (χ2v) is 16.9. The maximum absolute atomic E-state index is 15.1. The van der Waals surface area contributed by atoms with Gasteiger partial charge in [-0.3, -0.25) is 24.0 Å². The molecule has 1 saturated heterocycles. The number of ketones is 3. The van der Waals surface area contributed by atoms with Crippen molar-refractivity contribution in [2.75, 3.05) is 20.2 Å². The minimum atomic E-state index is -2.12. The monoisotopic (exact) mass is 868 g/mol. The van der Waals surface area contributed by atoms with Crippen LogP contribution in [0.3, 0.4) is 0 Å². The van der Waals surface area contributed by atoms with Crippen molar-refractivity contribution in [1.29, 1.82) is 0 Å². The molecule has 1 amide bonds. The smallest absolute Gasteiger partial charge is 0.343 e. The summed E-state index contributed by atoms with van der Waals surface area (Å²) in [5.74, 6) is -9.78. The zero-order valence-electron chi connectivity index (χ0n) is 37.1. The highest BCUT2D eigenvalue weighted by Crippen LogP contribution is 2.50. The number of nitrogens with one attached hydrogen (secondary N) is 1. The summed E-state index contributed by atoms with van der Waals surface area (Å²) in [6.45, 7) is 13.2. The Kier molecular flexibility index (Phi) is 13.9. The van der Waals surface area contributed by atoms with Crippen molar-refractivity contribution < 1.29 is 62.7 Å². The third-order valence-electron chi connectivity index (χ3n) is 12.5. The molecule has 0 saturated carbocycles. The fraction of sp³-hybridized carbons (Fsp3) is 0.458. The van der Waals surface area contributed by atoms with Crippen LogP contribution in [0.5, 0.6) is 11.5 Å². The summed E-state index contributed by atoms with van der Waals surface area (Å²) in [7, 11) is 1.43.